The Bertz CT molecular complexity index is 1760. The van der Waals surface area contributed by atoms with Crippen molar-refractivity contribution in [3.63, 3.8) is 0 Å². The lowest BCUT2D eigenvalue weighted by molar-refractivity contribution is -0.120. The molecule has 6 heterocycles. The first-order valence-electron chi connectivity index (χ1n) is 18.1. The van der Waals surface area contributed by atoms with Gasteiger partial charge in [0.15, 0.2) is 11.6 Å². The van der Waals surface area contributed by atoms with Crippen molar-refractivity contribution in [3.8, 4) is 5.95 Å². The monoisotopic (exact) mass is 717 g/mol. The van der Waals surface area contributed by atoms with Gasteiger partial charge in [0.1, 0.15) is 41.9 Å². The number of aliphatic imine (C=N–C) groups is 2. The van der Waals surface area contributed by atoms with Crippen molar-refractivity contribution in [1.29, 1.82) is 0 Å². The number of hydrogen-bond donors (Lipinski definition) is 0. The number of amides is 2. The van der Waals surface area contributed by atoms with Crippen LogP contribution in [0.25, 0.3) is 5.95 Å². The quantitative estimate of drug-likeness (QED) is 0.330. The molecule has 1 unspecified atom stereocenters. The zero-order chi connectivity index (χ0) is 36.2. The minimum Gasteiger partial charge on any atom is -0.340 e. The maximum Gasteiger partial charge on any atom is 0.254 e. The number of nitrogens with zero attached hydrogens (tertiary/aromatic N) is 13. The van der Waals surface area contributed by atoms with E-state index in [0.717, 1.165) is 61.5 Å². The molecule has 2 amide bonds. The Labute approximate surface area is 304 Å². The lowest BCUT2D eigenvalue weighted by Gasteiger charge is -2.43. The summed E-state index contributed by atoms with van der Waals surface area (Å²) >= 11 is 5.97. The summed E-state index contributed by atoms with van der Waals surface area (Å²) in [6.45, 7) is 7.94. The third-order valence-electron chi connectivity index (χ3n) is 10.3. The molecule has 2 saturated carbocycles. The van der Waals surface area contributed by atoms with Crippen molar-refractivity contribution in [1.82, 2.24) is 34.7 Å². The van der Waals surface area contributed by atoms with Gasteiger partial charge < -0.3 is 19.6 Å². The highest BCUT2D eigenvalue weighted by molar-refractivity contribution is 6.28. The van der Waals surface area contributed by atoms with Crippen LogP contribution >= 0.6 is 11.6 Å². The number of aryl methyl sites for hydroxylation is 1. The van der Waals surface area contributed by atoms with E-state index in [0.29, 0.717) is 29.9 Å². The van der Waals surface area contributed by atoms with E-state index >= 15 is 0 Å². The number of aromatic nitrogens is 7. The Morgan fingerprint density at radius 3 is 1.75 bits per heavy atom. The lowest BCUT2D eigenvalue weighted by Crippen LogP contribution is -2.55. The first kappa shape index (κ1) is 36.3. The van der Waals surface area contributed by atoms with Gasteiger partial charge in [-0.25, -0.2) is 19.9 Å². The summed E-state index contributed by atoms with van der Waals surface area (Å²) < 4.78 is 1.58. The number of likely N-dealkylation sites (N-methyl/N-ethyl adjacent to an activating group) is 2. The van der Waals surface area contributed by atoms with Crippen LogP contribution < -0.4 is 19.6 Å². The van der Waals surface area contributed by atoms with Crippen LogP contribution in [0.3, 0.4) is 0 Å². The van der Waals surface area contributed by atoms with Gasteiger partial charge in [-0.05, 0) is 64.0 Å². The smallest absolute Gasteiger partial charge is 0.254 e. The summed E-state index contributed by atoms with van der Waals surface area (Å²) in [5.74, 6) is 3.05. The maximum absolute atomic E-state index is 12.8. The van der Waals surface area contributed by atoms with Gasteiger partial charge in [0.05, 0.1) is 18.4 Å². The van der Waals surface area contributed by atoms with Gasteiger partial charge in [0.2, 0.25) is 17.1 Å². The molecule has 3 aromatic rings. The van der Waals surface area contributed by atoms with Crippen LogP contribution in [-0.4, -0.2) is 103 Å². The average Bonchev–Trinajstić information content (AvgIpc) is 3.98. The first-order chi connectivity index (χ1) is 24.6. The number of rotatable bonds is 5. The van der Waals surface area contributed by atoms with Gasteiger partial charge in [-0.3, -0.25) is 14.6 Å². The van der Waals surface area contributed by atoms with Crippen molar-refractivity contribution < 1.29 is 9.59 Å². The van der Waals surface area contributed by atoms with Crippen LogP contribution in [0.1, 0.15) is 90.8 Å². The third-order valence-corrected chi connectivity index (χ3v) is 10.4. The van der Waals surface area contributed by atoms with Crippen LogP contribution in [0.15, 0.2) is 28.7 Å². The summed E-state index contributed by atoms with van der Waals surface area (Å²) in [5.41, 5.74) is 1.53. The fourth-order valence-electron chi connectivity index (χ4n) is 7.63. The van der Waals surface area contributed by atoms with Crippen molar-refractivity contribution in [2.45, 2.75) is 122 Å². The summed E-state index contributed by atoms with van der Waals surface area (Å²) in [7, 11) is 3.59. The van der Waals surface area contributed by atoms with Crippen molar-refractivity contribution in [3.05, 3.63) is 29.8 Å². The highest BCUT2D eigenvalue weighted by Crippen LogP contribution is 2.41. The zero-order valence-corrected chi connectivity index (χ0v) is 31.1. The Balaban J connectivity index is 0.000000154. The van der Waals surface area contributed by atoms with Crippen molar-refractivity contribution >= 4 is 59.0 Å². The van der Waals surface area contributed by atoms with E-state index in [4.69, 9.17) is 16.6 Å². The molecule has 16 heteroatoms. The fraction of sp³-hybridized carbons (Fsp3) is 0.600. The molecule has 51 heavy (non-hydrogen) atoms. The SMILES string of the molecule is CC1C=NC=N1.CC[C@@H]1C(=O)N(C)c2cnc(-n3cnc(C)n3)nc2N1C1CCCC1.CC[C@@H]1C(=O)N(C)c2cnc(Cl)nc2N1C1CCCC1. The molecule has 0 radical (unpaired) electrons. The molecule has 0 spiro atoms. The van der Waals surface area contributed by atoms with E-state index < -0.39 is 0 Å². The second-order valence-corrected chi connectivity index (χ2v) is 13.9. The number of hydrogen-bond acceptors (Lipinski definition) is 12. The minimum atomic E-state index is -0.166. The van der Waals surface area contributed by atoms with E-state index in [2.05, 4.69) is 51.7 Å². The van der Waals surface area contributed by atoms with Gasteiger partial charge in [-0.2, -0.15) is 14.6 Å². The van der Waals surface area contributed by atoms with E-state index in [9.17, 15) is 9.59 Å². The molecule has 8 rings (SSSR count). The molecule has 272 valence electrons. The fourth-order valence-corrected chi connectivity index (χ4v) is 7.76. The molecule has 3 aliphatic heterocycles. The van der Waals surface area contributed by atoms with Gasteiger partial charge >= 0.3 is 0 Å². The number of fused-ring (bicyclic) bond motifs is 2. The Hall–Kier alpha value is -4.53. The van der Waals surface area contributed by atoms with E-state index in [-0.39, 0.29) is 29.2 Å². The van der Waals surface area contributed by atoms with Crippen molar-refractivity contribution in [2.75, 3.05) is 33.7 Å². The molecule has 0 saturated heterocycles. The predicted molar refractivity (Wildman–Crippen MR) is 200 cm³/mol. The topological polar surface area (TPSA) is 154 Å². The van der Waals surface area contributed by atoms with Crippen LogP contribution in [0.2, 0.25) is 5.28 Å². The van der Waals surface area contributed by atoms with E-state index in [1.807, 2.05) is 20.8 Å². The van der Waals surface area contributed by atoms with E-state index in [1.165, 1.54) is 25.7 Å². The Morgan fingerprint density at radius 2 is 1.31 bits per heavy atom. The van der Waals surface area contributed by atoms with Gasteiger partial charge in [-0.1, -0.05) is 39.5 Å². The summed E-state index contributed by atoms with van der Waals surface area (Å²) in [5, 5.41) is 4.55. The normalized spacial score (nSPS) is 22.9. The van der Waals surface area contributed by atoms with Crippen molar-refractivity contribution in [2.24, 2.45) is 9.98 Å². The van der Waals surface area contributed by atoms with E-state index in [1.54, 1.807) is 59.9 Å². The molecule has 2 aliphatic carbocycles. The number of anilines is 4. The third kappa shape index (κ3) is 7.44. The van der Waals surface area contributed by atoms with Crippen LogP contribution in [0.5, 0.6) is 0 Å². The minimum absolute atomic E-state index is 0.120. The Kier molecular flexibility index (Phi) is 11.2. The molecular weight excluding hydrogens is 670 g/mol. The van der Waals surface area contributed by atoms with Gasteiger partial charge in [0, 0.05) is 32.4 Å². The largest absolute Gasteiger partial charge is 0.340 e. The molecular formula is C35H48ClN13O2. The van der Waals surface area contributed by atoms with Gasteiger partial charge in [0.25, 0.3) is 5.95 Å². The summed E-state index contributed by atoms with van der Waals surface area (Å²) in [6.07, 6.45) is 19.2. The molecule has 0 aromatic carbocycles. The Morgan fingerprint density at radius 1 is 0.784 bits per heavy atom. The van der Waals surface area contributed by atoms with Crippen LogP contribution in [-0.2, 0) is 9.59 Å². The summed E-state index contributed by atoms with van der Waals surface area (Å²) in [4.78, 5) is 62.6. The highest BCUT2D eigenvalue weighted by atomic mass is 35.5. The predicted octanol–water partition coefficient (Wildman–Crippen LogP) is 4.99. The van der Waals surface area contributed by atoms with Crippen LogP contribution in [0.4, 0.5) is 23.0 Å². The molecule has 0 N–H and O–H groups in total. The average molecular weight is 718 g/mol. The number of carbonyl (C=O) groups excluding carboxylic acids is 2. The second-order valence-electron chi connectivity index (χ2n) is 13.6. The second kappa shape index (κ2) is 15.8. The maximum atomic E-state index is 12.8. The molecule has 3 aromatic heterocycles. The van der Waals surface area contributed by atoms with Crippen LogP contribution in [0, 0.1) is 6.92 Å². The van der Waals surface area contributed by atoms with Gasteiger partial charge in [-0.15, -0.1) is 5.10 Å². The molecule has 15 nitrogen and oxygen atoms in total. The first-order valence-corrected chi connectivity index (χ1v) is 18.5. The molecule has 5 aliphatic rings. The summed E-state index contributed by atoms with van der Waals surface area (Å²) in [6, 6.07) is 0.774. The zero-order valence-electron chi connectivity index (χ0n) is 30.4. The standard InChI is InChI=1S/C17H23N7O.C14H19ClN4O.C4H6N2/c1-4-13-16(25)22(3)14-9-18-17(23-10-19-11(2)21-23)20-15(14)24(13)12-7-5-6-8-12;1-3-10-13(20)18(2)11-8-16-14(15)17-12(11)19(10)9-6-4-5-7-9;1-4-2-5-3-6-4/h9-10,12-13H,4-8H2,1-3H3;8-10H,3-7H2,1-2H3;2-4H,1H3/t13-;10-;/m11./s1. The molecule has 0 bridgehead atoms. The molecule has 2 fully saturated rings. The number of carbonyl (C=O) groups is 2. The molecule has 3 atom stereocenters. The highest BCUT2D eigenvalue weighted by Gasteiger charge is 2.42. The number of halogens is 1. The lowest BCUT2D eigenvalue weighted by atomic mass is 10.0.